The van der Waals surface area contributed by atoms with Crippen LogP contribution in [0.2, 0.25) is 0 Å². The Morgan fingerprint density at radius 2 is 2.12 bits per heavy atom. The van der Waals surface area contributed by atoms with E-state index in [1.165, 1.54) is 11.3 Å². The van der Waals surface area contributed by atoms with Crippen molar-refractivity contribution in [1.82, 2.24) is 0 Å². The molecule has 0 aliphatic rings. The molecule has 0 saturated carbocycles. The number of aromatic carboxylic acids is 1. The van der Waals surface area contributed by atoms with Crippen molar-refractivity contribution in [2.45, 2.75) is 0 Å². The lowest BCUT2D eigenvalue weighted by atomic mass is 10.1. The maximum absolute atomic E-state index is 10.8. The van der Waals surface area contributed by atoms with Gasteiger partial charge in [0.2, 0.25) is 0 Å². The summed E-state index contributed by atoms with van der Waals surface area (Å²) in [5, 5.41) is 10.7. The van der Waals surface area contributed by atoms with Crippen molar-refractivity contribution < 1.29 is 14.6 Å². The lowest BCUT2D eigenvalue weighted by Gasteiger charge is -2.01. The van der Waals surface area contributed by atoms with E-state index >= 15 is 0 Å². The minimum Gasteiger partial charge on any atom is -0.497 e. The van der Waals surface area contributed by atoms with Gasteiger partial charge in [0.1, 0.15) is 10.6 Å². The van der Waals surface area contributed by atoms with Gasteiger partial charge in [-0.15, -0.1) is 11.3 Å². The van der Waals surface area contributed by atoms with Crippen LogP contribution < -0.4 is 4.74 Å². The van der Waals surface area contributed by atoms with Crippen molar-refractivity contribution in [2.24, 2.45) is 0 Å². The number of benzene rings is 1. The van der Waals surface area contributed by atoms with Crippen molar-refractivity contribution >= 4 is 17.3 Å². The van der Waals surface area contributed by atoms with Crippen molar-refractivity contribution in [2.75, 3.05) is 7.11 Å². The fraction of sp³-hybridized carbons (Fsp3) is 0.0833. The zero-order valence-corrected chi connectivity index (χ0v) is 9.45. The highest BCUT2D eigenvalue weighted by Gasteiger charge is 2.08. The predicted octanol–water partition coefficient (Wildman–Crippen LogP) is 3.12. The first kappa shape index (κ1) is 10.7. The van der Waals surface area contributed by atoms with Crippen LogP contribution in [0.3, 0.4) is 0 Å². The molecule has 0 saturated heterocycles. The van der Waals surface area contributed by atoms with Gasteiger partial charge in [-0.1, -0.05) is 12.1 Å². The largest absolute Gasteiger partial charge is 0.497 e. The molecule has 1 heterocycles. The molecule has 1 aromatic heterocycles. The zero-order chi connectivity index (χ0) is 11.5. The van der Waals surface area contributed by atoms with Crippen LogP contribution in [-0.2, 0) is 0 Å². The van der Waals surface area contributed by atoms with Gasteiger partial charge in [-0.2, -0.15) is 0 Å². The Bertz CT molecular complexity index is 516. The number of carboxylic acids is 1. The normalized spacial score (nSPS) is 10.1. The van der Waals surface area contributed by atoms with Crippen LogP contribution in [0.1, 0.15) is 9.67 Å². The van der Waals surface area contributed by atoms with Gasteiger partial charge >= 0.3 is 5.97 Å². The first-order chi connectivity index (χ1) is 7.70. The molecular formula is C12H10O3S. The quantitative estimate of drug-likeness (QED) is 0.887. The molecule has 82 valence electrons. The van der Waals surface area contributed by atoms with Gasteiger partial charge in [0.15, 0.2) is 0 Å². The van der Waals surface area contributed by atoms with E-state index < -0.39 is 5.97 Å². The van der Waals surface area contributed by atoms with Crippen molar-refractivity contribution in [3.63, 3.8) is 0 Å². The van der Waals surface area contributed by atoms with Gasteiger partial charge in [-0.25, -0.2) is 4.79 Å². The molecule has 2 aromatic rings. The smallest absolute Gasteiger partial charge is 0.345 e. The number of carboxylic acid groups (broad SMARTS) is 1. The molecule has 0 bridgehead atoms. The Kier molecular flexibility index (Phi) is 2.92. The topological polar surface area (TPSA) is 46.5 Å². The summed E-state index contributed by atoms with van der Waals surface area (Å²) in [4.78, 5) is 11.1. The van der Waals surface area contributed by atoms with E-state index in [1.54, 1.807) is 13.2 Å². The molecule has 1 N–H and O–H groups in total. The average Bonchev–Trinajstić information content (AvgIpc) is 2.78. The maximum Gasteiger partial charge on any atom is 0.345 e. The van der Waals surface area contributed by atoms with Crippen molar-refractivity contribution in [1.29, 1.82) is 0 Å². The van der Waals surface area contributed by atoms with Crippen LogP contribution in [-0.4, -0.2) is 18.2 Å². The molecule has 0 amide bonds. The second-order valence-electron chi connectivity index (χ2n) is 3.24. The summed E-state index contributed by atoms with van der Waals surface area (Å²) in [6.07, 6.45) is 0. The van der Waals surface area contributed by atoms with Gasteiger partial charge in [-0.05, 0) is 34.7 Å². The van der Waals surface area contributed by atoms with E-state index in [0.29, 0.717) is 4.88 Å². The maximum atomic E-state index is 10.8. The highest BCUT2D eigenvalue weighted by molar-refractivity contribution is 7.12. The summed E-state index contributed by atoms with van der Waals surface area (Å²) in [6.45, 7) is 0. The molecule has 0 atom stereocenters. The Hall–Kier alpha value is -1.81. The number of methoxy groups -OCH3 is 1. The molecule has 0 fully saturated rings. The first-order valence-corrected chi connectivity index (χ1v) is 5.55. The molecule has 4 heteroatoms. The molecule has 16 heavy (non-hydrogen) atoms. The SMILES string of the molecule is COc1cccc(-c2csc(C(=O)O)c2)c1. The van der Waals surface area contributed by atoms with Crippen molar-refractivity contribution in [3.05, 3.63) is 40.6 Å². The summed E-state index contributed by atoms with van der Waals surface area (Å²) in [5.74, 6) is -0.125. The van der Waals surface area contributed by atoms with Crippen LogP contribution in [0.5, 0.6) is 5.75 Å². The summed E-state index contributed by atoms with van der Waals surface area (Å²) in [5.41, 5.74) is 1.87. The molecular weight excluding hydrogens is 224 g/mol. The van der Waals surface area contributed by atoms with E-state index in [0.717, 1.165) is 16.9 Å². The second-order valence-corrected chi connectivity index (χ2v) is 4.15. The van der Waals surface area contributed by atoms with E-state index in [-0.39, 0.29) is 0 Å². The van der Waals surface area contributed by atoms with E-state index in [9.17, 15) is 4.79 Å². The molecule has 1 aromatic carbocycles. The fourth-order valence-corrected chi connectivity index (χ4v) is 2.16. The highest BCUT2D eigenvalue weighted by atomic mass is 32.1. The number of carbonyl (C=O) groups is 1. The Morgan fingerprint density at radius 1 is 1.31 bits per heavy atom. The molecule has 0 unspecified atom stereocenters. The van der Waals surface area contributed by atoms with E-state index in [2.05, 4.69) is 0 Å². The highest BCUT2D eigenvalue weighted by Crippen LogP contribution is 2.28. The lowest BCUT2D eigenvalue weighted by Crippen LogP contribution is -1.90. The van der Waals surface area contributed by atoms with Gasteiger partial charge in [0.25, 0.3) is 0 Å². The number of ether oxygens (including phenoxy) is 1. The van der Waals surface area contributed by atoms with Gasteiger partial charge in [0.05, 0.1) is 7.11 Å². The third kappa shape index (κ3) is 2.06. The number of hydrogen-bond donors (Lipinski definition) is 1. The summed E-state index contributed by atoms with van der Waals surface area (Å²) < 4.78 is 5.12. The molecule has 0 aliphatic heterocycles. The van der Waals surface area contributed by atoms with Crippen LogP contribution in [0.4, 0.5) is 0 Å². The summed E-state index contributed by atoms with van der Waals surface area (Å²) in [6, 6.07) is 9.21. The molecule has 2 rings (SSSR count). The third-order valence-electron chi connectivity index (χ3n) is 2.21. The second kappa shape index (κ2) is 4.37. The van der Waals surface area contributed by atoms with E-state index in [1.807, 2.05) is 29.6 Å². The Morgan fingerprint density at radius 3 is 2.75 bits per heavy atom. The van der Waals surface area contributed by atoms with Gasteiger partial charge in [-0.3, -0.25) is 0 Å². The van der Waals surface area contributed by atoms with Gasteiger partial charge < -0.3 is 9.84 Å². The van der Waals surface area contributed by atoms with Gasteiger partial charge in [0, 0.05) is 0 Å². The van der Waals surface area contributed by atoms with Crippen LogP contribution in [0.25, 0.3) is 11.1 Å². The van der Waals surface area contributed by atoms with Crippen LogP contribution >= 0.6 is 11.3 Å². The molecule has 0 aliphatic carbocycles. The van der Waals surface area contributed by atoms with Crippen LogP contribution in [0.15, 0.2) is 35.7 Å². The number of hydrogen-bond acceptors (Lipinski definition) is 3. The first-order valence-electron chi connectivity index (χ1n) is 4.67. The number of rotatable bonds is 3. The molecule has 0 radical (unpaired) electrons. The van der Waals surface area contributed by atoms with Crippen LogP contribution in [0, 0.1) is 0 Å². The Balaban J connectivity index is 2.38. The molecule has 3 nitrogen and oxygen atoms in total. The predicted molar refractivity (Wildman–Crippen MR) is 63.3 cm³/mol. The Labute approximate surface area is 96.9 Å². The summed E-state index contributed by atoms with van der Waals surface area (Å²) in [7, 11) is 1.61. The minimum absolute atomic E-state index is 0.345. The number of thiophene rings is 1. The standard InChI is InChI=1S/C12H10O3S/c1-15-10-4-2-3-8(5-10)9-6-11(12(13)14)16-7-9/h2-7H,1H3,(H,13,14). The van der Waals surface area contributed by atoms with Crippen molar-refractivity contribution in [3.8, 4) is 16.9 Å². The monoisotopic (exact) mass is 234 g/mol. The lowest BCUT2D eigenvalue weighted by molar-refractivity contribution is 0.0702. The van der Waals surface area contributed by atoms with E-state index in [4.69, 9.17) is 9.84 Å². The fourth-order valence-electron chi connectivity index (χ4n) is 1.40. The third-order valence-corrected chi connectivity index (χ3v) is 3.13. The zero-order valence-electron chi connectivity index (χ0n) is 8.64. The summed E-state index contributed by atoms with van der Waals surface area (Å²) >= 11 is 1.23. The average molecular weight is 234 g/mol. The molecule has 0 spiro atoms. The minimum atomic E-state index is -0.890.